The molecular weight excluding hydrogens is 406 g/mol. The van der Waals surface area contributed by atoms with E-state index in [1.165, 1.54) is 31.4 Å². The number of anilines is 4. The second-order valence-electron chi connectivity index (χ2n) is 9.43. The topological polar surface area (TPSA) is 98.3 Å². The van der Waals surface area contributed by atoms with Gasteiger partial charge < -0.3 is 19.9 Å². The molecule has 5 heterocycles. The first kappa shape index (κ1) is 20.2. The molecule has 4 aliphatic rings. The van der Waals surface area contributed by atoms with Crippen LogP contribution in [0.15, 0.2) is 6.07 Å². The van der Waals surface area contributed by atoms with E-state index in [1.54, 1.807) is 0 Å². The smallest absolute Gasteiger partial charge is 0.235 e. The van der Waals surface area contributed by atoms with Crippen LogP contribution in [-0.2, 0) is 4.74 Å². The fraction of sp³-hybridized carbons (Fsp3) is 0.727. The number of hydrogen-bond acceptors (Lipinski definition) is 9. The summed E-state index contributed by atoms with van der Waals surface area (Å²) in [4.78, 5) is 21.6. The quantitative estimate of drug-likeness (QED) is 0.701. The maximum atomic E-state index is 5.52. The molecule has 6 rings (SSSR count). The Kier molecular flexibility index (Phi) is 5.56. The molecule has 3 aliphatic heterocycles. The van der Waals surface area contributed by atoms with E-state index in [9.17, 15) is 0 Å². The van der Waals surface area contributed by atoms with Crippen LogP contribution in [0.1, 0.15) is 50.1 Å². The Morgan fingerprint density at radius 2 is 1.53 bits per heavy atom. The third-order valence-electron chi connectivity index (χ3n) is 7.16. The Morgan fingerprint density at radius 3 is 2.22 bits per heavy atom. The molecule has 2 aromatic rings. The lowest BCUT2D eigenvalue weighted by molar-refractivity contribution is 0.0114. The summed E-state index contributed by atoms with van der Waals surface area (Å²) in [6.07, 6.45) is 7.15. The zero-order valence-electron chi connectivity index (χ0n) is 18.7. The number of aromatic nitrogens is 5. The molecule has 0 spiro atoms. The standard InChI is InChI=1S/C22H33N9O/c1-2-8-30(7-1)21-24-20(23-19-15-18(27-28-19)16-3-4-16)25-22(26-21)31-9-5-17(6-10-31)29-11-13-32-14-12-29/h15-17H,1-14H2,(H2,23,24,25,26,27,28). The average Bonchev–Trinajstić information content (AvgIpc) is 3.34. The van der Waals surface area contributed by atoms with E-state index in [0.29, 0.717) is 17.9 Å². The van der Waals surface area contributed by atoms with Gasteiger partial charge in [-0.25, -0.2) is 0 Å². The van der Waals surface area contributed by atoms with Crippen LogP contribution < -0.4 is 15.1 Å². The van der Waals surface area contributed by atoms with E-state index < -0.39 is 0 Å². The minimum Gasteiger partial charge on any atom is -0.379 e. The van der Waals surface area contributed by atoms with Gasteiger partial charge in [0.1, 0.15) is 0 Å². The van der Waals surface area contributed by atoms with Gasteiger partial charge in [-0.2, -0.15) is 20.1 Å². The third-order valence-corrected chi connectivity index (χ3v) is 7.16. The summed E-state index contributed by atoms with van der Waals surface area (Å²) in [5.41, 5.74) is 1.20. The number of morpholine rings is 1. The minimum absolute atomic E-state index is 0.584. The lowest BCUT2D eigenvalue weighted by Crippen LogP contribution is -2.49. The molecule has 0 aromatic carbocycles. The molecular formula is C22H33N9O. The van der Waals surface area contributed by atoms with Crippen molar-refractivity contribution in [3.8, 4) is 0 Å². The monoisotopic (exact) mass is 439 g/mol. The molecule has 3 saturated heterocycles. The Labute approximate surface area is 188 Å². The highest BCUT2D eigenvalue weighted by Crippen LogP contribution is 2.39. The fourth-order valence-electron chi connectivity index (χ4n) is 5.10. The molecule has 0 radical (unpaired) electrons. The van der Waals surface area contributed by atoms with E-state index in [-0.39, 0.29) is 0 Å². The van der Waals surface area contributed by atoms with Crippen molar-refractivity contribution >= 4 is 23.7 Å². The van der Waals surface area contributed by atoms with Gasteiger partial charge in [-0.1, -0.05) is 0 Å². The van der Waals surface area contributed by atoms with Gasteiger partial charge in [0.2, 0.25) is 17.8 Å². The lowest BCUT2D eigenvalue weighted by Gasteiger charge is -2.40. The number of hydrogen-bond donors (Lipinski definition) is 2. The van der Waals surface area contributed by atoms with E-state index in [1.807, 2.05) is 0 Å². The summed E-state index contributed by atoms with van der Waals surface area (Å²) >= 11 is 0. The van der Waals surface area contributed by atoms with Crippen molar-refractivity contribution in [2.24, 2.45) is 0 Å². The van der Waals surface area contributed by atoms with E-state index >= 15 is 0 Å². The Morgan fingerprint density at radius 1 is 0.844 bits per heavy atom. The highest BCUT2D eigenvalue weighted by Gasteiger charge is 2.29. The van der Waals surface area contributed by atoms with Gasteiger partial charge in [0.25, 0.3) is 0 Å². The van der Waals surface area contributed by atoms with Crippen LogP contribution in [-0.4, -0.2) is 88.6 Å². The number of nitrogens with zero attached hydrogens (tertiary/aromatic N) is 7. The molecule has 10 nitrogen and oxygen atoms in total. The molecule has 172 valence electrons. The molecule has 2 aromatic heterocycles. The largest absolute Gasteiger partial charge is 0.379 e. The van der Waals surface area contributed by atoms with Crippen LogP contribution in [0, 0.1) is 0 Å². The lowest BCUT2D eigenvalue weighted by atomic mass is 10.0. The van der Waals surface area contributed by atoms with Gasteiger partial charge in [0, 0.05) is 63.0 Å². The van der Waals surface area contributed by atoms with Crippen molar-refractivity contribution < 1.29 is 4.74 Å². The molecule has 1 saturated carbocycles. The summed E-state index contributed by atoms with van der Waals surface area (Å²) in [5, 5.41) is 10.9. The van der Waals surface area contributed by atoms with E-state index in [0.717, 1.165) is 83.0 Å². The molecule has 1 aliphatic carbocycles. The second-order valence-corrected chi connectivity index (χ2v) is 9.43. The highest BCUT2D eigenvalue weighted by molar-refractivity contribution is 5.53. The van der Waals surface area contributed by atoms with Crippen LogP contribution in [0.5, 0.6) is 0 Å². The van der Waals surface area contributed by atoms with Gasteiger partial charge in [0.15, 0.2) is 5.82 Å². The molecule has 0 amide bonds. The Balaban J connectivity index is 1.19. The summed E-state index contributed by atoms with van der Waals surface area (Å²) in [6.45, 7) is 7.78. The van der Waals surface area contributed by atoms with Crippen LogP contribution in [0.4, 0.5) is 23.7 Å². The van der Waals surface area contributed by atoms with Crippen LogP contribution in [0.3, 0.4) is 0 Å². The molecule has 0 unspecified atom stereocenters. The van der Waals surface area contributed by atoms with Gasteiger partial charge in [-0.3, -0.25) is 10.00 Å². The number of ether oxygens (including phenoxy) is 1. The first-order chi connectivity index (χ1) is 15.8. The van der Waals surface area contributed by atoms with Crippen molar-refractivity contribution in [2.75, 3.05) is 67.6 Å². The van der Waals surface area contributed by atoms with Gasteiger partial charge >= 0.3 is 0 Å². The van der Waals surface area contributed by atoms with E-state index in [2.05, 4.69) is 36.3 Å². The molecule has 10 heteroatoms. The number of rotatable bonds is 6. The van der Waals surface area contributed by atoms with Crippen LogP contribution in [0.2, 0.25) is 0 Å². The first-order valence-corrected chi connectivity index (χ1v) is 12.2. The molecule has 0 atom stereocenters. The fourth-order valence-corrected chi connectivity index (χ4v) is 5.10. The van der Waals surface area contributed by atoms with Crippen LogP contribution >= 0.6 is 0 Å². The molecule has 32 heavy (non-hydrogen) atoms. The predicted molar refractivity (Wildman–Crippen MR) is 123 cm³/mol. The Hall–Kier alpha value is -2.46. The molecule has 0 bridgehead atoms. The van der Waals surface area contributed by atoms with Crippen molar-refractivity contribution in [3.05, 3.63) is 11.8 Å². The summed E-state index contributed by atoms with van der Waals surface area (Å²) < 4.78 is 5.52. The van der Waals surface area contributed by atoms with Crippen molar-refractivity contribution in [1.29, 1.82) is 0 Å². The number of nitrogens with one attached hydrogen (secondary N) is 2. The van der Waals surface area contributed by atoms with Crippen LogP contribution in [0.25, 0.3) is 0 Å². The van der Waals surface area contributed by atoms with E-state index in [4.69, 9.17) is 19.7 Å². The highest BCUT2D eigenvalue weighted by atomic mass is 16.5. The SMILES string of the molecule is c1c(Nc2nc(N3CCCC3)nc(N3CCC(N4CCOCC4)CC3)n2)n[nH]c1C1CC1. The molecule has 4 fully saturated rings. The number of aromatic amines is 1. The second kappa shape index (κ2) is 8.82. The maximum absolute atomic E-state index is 5.52. The van der Waals surface area contributed by atoms with Gasteiger partial charge in [-0.05, 0) is 38.5 Å². The van der Waals surface area contributed by atoms with Crippen molar-refractivity contribution in [1.82, 2.24) is 30.0 Å². The minimum atomic E-state index is 0.584. The normalized spacial score (nSPS) is 23.1. The van der Waals surface area contributed by atoms with Crippen molar-refractivity contribution in [2.45, 2.75) is 50.5 Å². The third kappa shape index (κ3) is 4.38. The summed E-state index contributed by atoms with van der Waals surface area (Å²) in [6, 6.07) is 2.72. The summed E-state index contributed by atoms with van der Waals surface area (Å²) in [5.74, 6) is 3.56. The van der Waals surface area contributed by atoms with Crippen molar-refractivity contribution in [3.63, 3.8) is 0 Å². The maximum Gasteiger partial charge on any atom is 0.235 e. The molecule has 2 N–H and O–H groups in total. The van der Waals surface area contributed by atoms with Gasteiger partial charge in [0.05, 0.1) is 13.2 Å². The average molecular weight is 440 g/mol. The summed E-state index contributed by atoms with van der Waals surface area (Å²) in [7, 11) is 0. The first-order valence-electron chi connectivity index (χ1n) is 12.2. The Bertz CT molecular complexity index is 910. The van der Waals surface area contributed by atoms with Gasteiger partial charge in [-0.15, -0.1) is 0 Å². The number of piperidine rings is 1. The number of H-pyrrole nitrogens is 1. The zero-order valence-corrected chi connectivity index (χ0v) is 18.7. The zero-order chi connectivity index (χ0) is 21.3. The predicted octanol–water partition coefficient (Wildman–Crippen LogP) is 2.12.